The summed E-state index contributed by atoms with van der Waals surface area (Å²) in [5, 5.41) is 6.41. The second-order valence-electron chi connectivity index (χ2n) is 3.47. The van der Waals surface area contributed by atoms with Crippen molar-refractivity contribution in [2.45, 2.75) is 26.7 Å². The van der Waals surface area contributed by atoms with E-state index in [0.29, 0.717) is 11.5 Å². The molecule has 0 saturated heterocycles. The molecule has 1 rings (SSSR count). The Bertz CT molecular complexity index is 377. The molecule has 0 fully saturated rings. The SMILES string of the molecule is C=C(C)c1cc(C(C)C)n[nH]c1=O. The molecule has 1 N–H and O–H groups in total. The second-order valence-corrected chi connectivity index (χ2v) is 3.47. The molecule has 70 valence electrons. The van der Waals surface area contributed by atoms with Gasteiger partial charge in [-0.1, -0.05) is 20.4 Å². The predicted octanol–water partition coefficient (Wildman–Crippen LogP) is 1.93. The molecular weight excluding hydrogens is 164 g/mol. The fourth-order valence-corrected chi connectivity index (χ4v) is 1.03. The van der Waals surface area contributed by atoms with Gasteiger partial charge in [0.25, 0.3) is 5.56 Å². The van der Waals surface area contributed by atoms with E-state index in [4.69, 9.17) is 0 Å². The van der Waals surface area contributed by atoms with E-state index in [2.05, 4.69) is 16.8 Å². The molecule has 0 saturated carbocycles. The van der Waals surface area contributed by atoms with Gasteiger partial charge < -0.3 is 0 Å². The minimum absolute atomic E-state index is 0.170. The van der Waals surface area contributed by atoms with Gasteiger partial charge in [-0.2, -0.15) is 5.10 Å². The molecule has 0 aromatic carbocycles. The van der Waals surface area contributed by atoms with Gasteiger partial charge in [-0.25, -0.2) is 5.10 Å². The van der Waals surface area contributed by atoms with Crippen LogP contribution < -0.4 is 5.56 Å². The molecule has 0 aliphatic heterocycles. The lowest BCUT2D eigenvalue weighted by Gasteiger charge is -2.05. The highest BCUT2D eigenvalue weighted by Gasteiger charge is 2.06. The minimum atomic E-state index is -0.170. The average molecular weight is 178 g/mol. The van der Waals surface area contributed by atoms with Gasteiger partial charge in [-0.3, -0.25) is 4.79 Å². The summed E-state index contributed by atoms with van der Waals surface area (Å²) in [5.41, 5.74) is 2.11. The number of nitrogens with zero attached hydrogens (tertiary/aromatic N) is 1. The number of aromatic nitrogens is 2. The van der Waals surface area contributed by atoms with Crippen LogP contribution in [-0.2, 0) is 0 Å². The first-order valence-electron chi connectivity index (χ1n) is 4.28. The highest BCUT2D eigenvalue weighted by atomic mass is 16.1. The number of aromatic amines is 1. The van der Waals surface area contributed by atoms with Crippen molar-refractivity contribution in [3.63, 3.8) is 0 Å². The van der Waals surface area contributed by atoms with Crippen LogP contribution in [0.1, 0.15) is 37.9 Å². The van der Waals surface area contributed by atoms with Crippen LogP contribution in [0.5, 0.6) is 0 Å². The van der Waals surface area contributed by atoms with E-state index < -0.39 is 0 Å². The molecule has 1 aromatic heterocycles. The van der Waals surface area contributed by atoms with Crippen molar-refractivity contribution in [2.75, 3.05) is 0 Å². The molecule has 0 aliphatic rings. The van der Waals surface area contributed by atoms with Crippen molar-refractivity contribution in [3.05, 3.63) is 34.3 Å². The fourth-order valence-electron chi connectivity index (χ4n) is 1.03. The van der Waals surface area contributed by atoms with Gasteiger partial charge in [-0.15, -0.1) is 0 Å². The lowest BCUT2D eigenvalue weighted by molar-refractivity contribution is 0.775. The Kier molecular flexibility index (Phi) is 2.66. The summed E-state index contributed by atoms with van der Waals surface area (Å²) >= 11 is 0. The van der Waals surface area contributed by atoms with Crippen LogP contribution in [0.4, 0.5) is 0 Å². The van der Waals surface area contributed by atoms with Crippen LogP contribution in [0.2, 0.25) is 0 Å². The van der Waals surface area contributed by atoms with E-state index in [0.717, 1.165) is 11.3 Å². The van der Waals surface area contributed by atoms with Crippen LogP contribution >= 0.6 is 0 Å². The Hall–Kier alpha value is -1.38. The molecule has 0 unspecified atom stereocenters. The molecule has 0 bridgehead atoms. The Morgan fingerprint density at radius 1 is 1.62 bits per heavy atom. The van der Waals surface area contributed by atoms with Gasteiger partial charge in [0, 0.05) is 5.56 Å². The summed E-state index contributed by atoms with van der Waals surface area (Å²) < 4.78 is 0. The van der Waals surface area contributed by atoms with Gasteiger partial charge in [0.15, 0.2) is 0 Å². The minimum Gasteiger partial charge on any atom is -0.267 e. The summed E-state index contributed by atoms with van der Waals surface area (Å²) in [4.78, 5) is 11.3. The van der Waals surface area contributed by atoms with Crippen molar-refractivity contribution in [1.29, 1.82) is 0 Å². The van der Waals surface area contributed by atoms with Crippen LogP contribution in [0.25, 0.3) is 5.57 Å². The van der Waals surface area contributed by atoms with Crippen LogP contribution in [0.15, 0.2) is 17.4 Å². The summed E-state index contributed by atoms with van der Waals surface area (Å²) in [6, 6.07) is 1.80. The Labute approximate surface area is 77.5 Å². The topological polar surface area (TPSA) is 45.8 Å². The maximum absolute atomic E-state index is 11.3. The fraction of sp³-hybridized carbons (Fsp3) is 0.400. The maximum Gasteiger partial charge on any atom is 0.271 e. The number of allylic oxidation sites excluding steroid dienone is 1. The molecule has 3 heteroatoms. The largest absolute Gasteiger partial charge is 0.271 e. The summed E-state index contributed by atoms with van der Waals surface area (Å²) in [6.45, 7) is 9.61. The molecule has 0 amide bonds. The smallest absolute Gasteiger partial charge is 0.267 e. The van der Waals surface area contributed by atoms with E-state index in [9.17, 15) is 4.79 Å². The zero-order valence-electron chi connectivity index (χ0n) is 8.22. The molecule has 0 atom stereocenters. The number of H-pyrrole nitrogens is 1. The molecule has 0 radical (unpaired) electrons. The van der Waals surface area contributed by atoms with Crippen molar-refractivity contribution in [1.82, 2.24) is 10.2 Å². The van der Waals surface area contributed by atoms with Gasteiger partial charge in [0.1, 0.15) is 0 Å². The van der Waals surface area contributed by atoms with E-state index >= 15 is 0 Å². The van der Waals surface area contributed by atoms with Gasteiger partial charge in [-0.05, 0) is 24.5 Å². The third-order valence-electron chi connectivity index (χ3n) is 1.87. The predicted molar refractivity (Wildman–Crippen MR) is 53.7 cm³/mol. The van der Waals surface area contributed by atoms with Gasteiger partial charge in [0.05, 0.1) is 5.69 Å². The number of nitrogens with one attached hydrogen (secondary N) is 1. The first-order chi connectivity index (χ1) is 6.02. The van der Waals surface area contributed by atoms with Crippen LogP contribution in [0.3, 0.4) is 0 Å². The van der Waals surface area contributed by atoms with Crippen LogP contribution in [0, 0.1) is 0 Å². The number of rotatable bonds is 2. The van der Waals surface area contributed by atoms with Crippen molar-refractivity contribution >= 4 is 5.57 Å². The van der Waals surface area contributed by atoms with Crippen molar-refractivity contribution in [3.8, 4) is 0 Å². The number of hydrogen-bond donors (Lipinski definition) is 1. The van der Waals surface area contributed by atoms with Crippen LogP contribution in [-0.4, -0.2) is 10.2 Å². The second kappa shape index (κ2) is 3.56. The Morgan fingerprint density at radius 2 is 2.23 bits per heavy atom. The average Bonchev–Trinajstić information content (AvgIpc) is 2.04. The first-order valence-corrected chi connectivity index (χ1v) is 4.28. The normalized spacial score (nSPS) is 10.5. The molecule has 1 aromatic rings. The monoisotopic (exact) mass is 178 g/mol. The first kappa shape index (κ1) is 9.71. The molecule has 0 spiro atoms. The molecular formula is C10H14N2O. The standard InChI is InChI=1S/C10H14N2O/c1-6(2)8-5-9(7(3)4)11-12-10(8)13/h5,7H,1H2,2-4H3,(H,12,13). The molecule has 3 nitrogen and oxygen atoms in total. The zero-order valence-corrected chi connectivity index (χ0v) is 8.22. The quantitative estimate of drug-likeness (QED) is 0.752. The van der Waals surface area contributed by atoms with E-state index in [1.165, 1.54) is 0 Å². The van der Waals surface area contributed by atoms with Crippen molar-refractivity contribution in [2.24, 2.45) is 0 Å². The lowest BCUT2D eigenvalue weighted by atomic mass is 10.1. The Balaban J connectivity index is 3.27. The summed E-state index contributed by atoms with van der Waals surface area (Å²) in [5.74, 6) is 0.315. The van der Waals surface area contributed by atoms with E-state index in [1.807, 2.05) is 20.8 Å². The summed E-state index contributed by atoms with van der Waals surface area (Å²) in [7, 11) is 0. The zero-order chi connectivity index (χ0) is 10.0. The molecule has 13 heavy (non-hydrogen) atoms. The lowest BCUT2D eigenvalue weighted by Crippen LogP contribution is -2.14. The highest BCUT2D eigenvalue weighted by Crippen LogP contribution is 2.13. The summed E-state index contributed by atoms with van der Waals surface area (Å²) in [6.07, 6.45) is 0. The third kappa shape index (κ3) is 2.05. The maximum atomic E-state index is 11.3. The van der Waals surface area contributed by atoms with Gasteiger partial charge >= 0.3 is 0 Å². The third-order valence-corrected chi connectivity index (χ3v) is 1.87. The van der Waals surface area contributed by atoms with E-state index in [1.54, 1.807) is 6.07 Å². The van der Waals surface area contributed by atoms with Crippen molar-refractivity contribution < 1.29 is 0 Å². The Morgan fingerprint density at radius 3 is 2.69 bits per heavy atom. The number of hydrogen-bond acceptors (Lipinski definition) is 2. The van der Waals surface area contributed by atoms with E-state index in [-0.39, 0.29) is 5.56 Å². The molecule has 1 heterocycles. The highest BCUT2D eigenvalue weighted by molar-refractivity contribution is 5.60. The molecule has 0 aliphatic carbocycles. The van der Waals surface area contributed by atoms with Gasteiger partial charge in [0.2, 0.25) is 0 Å².